The lowest BCUT2D eigenvalue weighted by Gasteiger charge is -2.28. The smallest absolute Gasteiger partial charge is 0.143 e. The molecule has 0 aliphatic heterocycles. The third-order valence-electron chi connectivity index (χ3n) is 10.0. The minimum Gasteiger partial charge on any atom is -0.455 e. The predicted molar refractivity (Wildman–Crippen MR) is 212 cm³/mol. The third-order valence-corrected chi connectivity index (χ3v) is 10.0. The maximum absolute atomic E-state index is 6.74. The summed E-state index contributed by atoms with van der Waals surface area (Å²) in [5, 5.41) is 9.61. The first-order valence-corrected chi connectivity index (χ1v) is 17.1. The Bertz CT molecular complexity index is 2870. The Kier molecular flexibility index (Phi) is 6.53. The van der Waals surface area contributed by atoms with Crippen LogP contribution >= 0.6 is 0 Å². The van der Waals surface area contributed by atoms with Crippen LogP contribution in [0, 0.1) is 0 Å². The first-order chi connectivity index (χ1) is 24.8. The number of rotatable bonds is 5. The molecule has 0 fully saturated rings. The Morgan fingerprint density at radius 3 is 1.82 bits per heavy atom. The Hall–Kier alpha value is -6.64. The fraction of sp³-hybridized carbons (Fsp3) is 0. The molecule has 0 saturated carbocycles. The average Bonchev–Trinajstić information content (AvgIpc) is 3.55. The Balaban J connectivity index is 1.19. The number of benzene rings is 9. The molecule has 1 aromatic heterocycles. The molecule has 1 heterocycles. The van der Waals surface area contributed by atoms with Crippen molar-refractivity contribution in [3.8, 4) is 22.3 Å². The average molecular weight is 638 g/mol. The van der Waals surface area contributed by atoms with Gasteiger partial charge in [0.15, 0.2) is 0 Å². The number of anilines is 3. The second-order valence-corrected chi connectivity index (χ2v) is 12.9. The zero-order valence-corrected chi connectivity index (χ0v) is 27.3. The molecule has 0 unspecified atom stereocenters. The van der Waals surface area contributed by atoms with E-state index < -0.39 is 0 Å². The van der Waals surface area contributed by atoms with Crippen molar-refractivity contribution in [2.24, 2.45) is 0 Å². The van der Waals surface area contributed by atoms with Gasteiger partial charge in [-0.2, -0.15) is 0 Å². The van der Waals surface area contributed by atoms with Gasteiger partial charge in [-0.25, -0.2) is 0 Å². The first kappa shape index (κ1) is 28.4. The van der Waals surface area contributed by atoms with E-state index in [0.717, 1.165) is 50.1 Å². The number of hydrogen-bond donors (Lipinski definition) is 0. The van der Waals surface area contributed by atoms with Crippen LogP contribution in [0.2, 0.25) is 0 Å². The second-order valence-electron chi connectivity index (χ2n) is 12.9. The van der Waals surface area contributed by atoms with Gasteiger partial charge in [0.1, 0.15) is 11.2 Å². The van der Waals surface area contributed by atoms with E-state index in [1.54, 1.807) is 0 Å². The lowest BCUT2D eigenvalue weighted by atomic mass is 9.97. The Morgan fingerprint density at radius 2 is 0.960 bits per heavy atom. The molecule has 9 aromatic carbocycles. The molecule has 0 saturated heterocycles. The van der Waals surface area contributed by atoms with Gasteiger partial charge in [-0.15, -0.1) is 0 Å². The maximum atomic E-state index is 6.74. The summed E-state index contributed by atoms with van der Waals surface area (Å²) in [4.78, 5) is 2.38. The van der Waals surface area contributed by atoms with Crippen LogP contribution in [0.5, 0.6) is 0 Å². The topological polar surface area (TPSA) is 16.4 Å². The lowest BCUT2D eigenvalue weighted by molar-refractivity contribution is 0.670. The summed E-state index contributed by atoms with van der Waals surface area (Å²) in [6.45, 7) is 0. The third kappa shape index (κ3) is 4.65. The predicted octanol–water partition coefficient (Wildman–Crippen LogP) is 13.8. The standard InChI is InChI=1S/C48H31NO/c1-2-11-32(12-3-1)33-23-25-38(26-24-33)49(39-27-28-41-37(29-39)22-21-34-13-6-7-16-40(34)41)46-20-9-8-17-42(46)43-18-10-19-44-45-30-35-14-4-5-15-36(35)31-47(45)50-48(43)44/h1-31H. The summed E-state index contributed by atoms with van der Waals surface area (Å²) in [5.74, 6) is 0. The highest BCUT2D eigenvalue weighted by Crippen LogP contribution is 2.45. The summed E-state index contributed by atoms with van der Waals surface area (Å²) < 4.78 is 6.74. The fourth-order valence-corrected chi connectivity index (χ4v) is 7.59. The molecule has 0 aliphatic carbocycles. The molecule has 10 rings (SSSR count). The molecule has 2 heteroatoms. The van der Waals surface area contributed by atoms with Crippen LogP contribution in [-0.4, -0.2) is 0 Å². The van der Waals surface area contributed by atoms with Crippen LogP contribution in [0.3, 0.4) is 0 Å². The van der Waals surface area contributed by atoms with E-state index in [2.05, 4.69) is 193 Å². The van der Waals surface area contributed by atoms with Gasteiger partial charge in [0.25, 0.3) is 0 Å². The summed E-state index contributed by atoms with van der Waals surface area (Å²) in [6.07, 6.45) is 0. The minimum atomic E-state index is 0.898. The molecule has 50 heavy (non-hydrogen) atoms. The highest BCUT2D eigenvalue weighted by atomic mass is 16.3. The van der Waals surface area contributed by atoms with Gasteiger partial charge >= 0.3 is 0 Å². The zero-order chi connectivity index (χ0) is 33.0. The van der Waals surface area contributed by atoms with Crippen molar-refractivity contribution in [1.29, 1.82) is 0 Å². The van der Waals surface area contributed by atoms with Gasteiger partial charge in [-0.05, 0) is 85.9 Å². The monoisotopic (exact) mass is 637 g/mol. The molecular formula is C48H31NO. The summed E-state index contributed by atoms with van der Waals surface area (Å²) in [7, 11) is 0. The van der Waals surface area contributed by atoms with E-state index in [-0.39, 0.29) is 0 Å². The van der Waals surface area contributed by atoms with Crippen molar-refractivity contribution in [3.63, 3.8) is 0 Å². The number of fused-ring (bicyclic) bond motifs is 7. The molecule has 0 aliphatic rings. The van der Waals surface area contributed by atoms with Crippen molar-refractivity contribution in [3.05, 3.63) is 188 Å². The van der Waals surface area contributed by atoms with E-state index in [1.165, 1.54) is 43.4 Å². The lowest BCUT2D eigenvalue weighted by Crippen LogP contribution is -2.11. The van der Waals surface area contributed by atoms with Gasteiger partial charge in [0, 0.05) is 33.3 Å². The fourth-order valence-electron chi connectivity index (χ4n) is 7.59. The van der Waals surface area contributed by atoms with Crippen LogP contribution in [0.1, 0.15) is 0 Å². The van der Waals surface area contributed by atoms with Crippen LogP contribution in [0.25, 0.3) is 76.5 Å². The van der Waals surface area contributed by atoms with Crippen molar-refractivity contribution in [2.45, 2.75) is 0 Å². The van der Waals surface area contributed by atoms with Crippen molar-refractivity contribution < 1.29 is 4.42 Å². The quantitative estimate of drug-likeness (QED) is 0.175. The summed E-state index contributed by atoms with van der Waals surface area (Å²) in [5.41, 5.74) is 9.62. The van der Waals surface area contributed by atoms with Gasteiger partial charge in [0.2, 0.25) is 0 Å². The van der Waals surface area contributed by atoms with Gasteiger partial charge in [0.05, 0.1) is 5.69 Å². The Morgan fingerprint density at radius 1 is 0.340 bits per heavy atom. The normalized spacial score (nSPS) is 11.6. The van der Waals surface area contributed by atoms with E-state index in [4.69, 9.17) is 4.42 Å². The summed E-state index contributed by atoms with van der Waals surface area (Å²) in [6, 6.07) is 67.5. The van der Waals surface area contributed by atoms with Crippen LogP contribution in [0.4, 0.5) is 17.1 Å². The molecule has 2 nitrogen and oxygen atoms in total. The molecule has 234 valence electrons. The van der Waals surface area contributed by atoms with Gasteiger partial charge < -0.3 is 9.32 Å². The molecule has 0 amide bonds. The van der Waals surface area contributed by atoms with Crippen LogP contribution in [0.15, 0.2) is 192 Å². The van der Waals surface area contributed by atoms with E-state index in [1.807, 2.05) is 0 Å². The number of furan rings is 1. The SMILES string of the molecule is c1ccc(-c2ccc(N(c3ccc4c(ccc5ccccc54)c3)c3ccccc3-c3cccc4c3oc3cc5ccccc5cc34)cc2)cc1. The van der Waals surface area contributed by atoms with Gasteiger partial charge in [-0.3, -0.25) is 0 Å². The Labute approximate surface area is 290 Å². The first-order valence-electron chi connectivity index (χ1n) is 17.1. The molecule has 0 bridgehead atoms. The van der Waals surface area contributed by atoms with Crippen molar-refractivity contribution >= 4 is 71.3 Å². The minimum absolute atomic E-state index is 0.898. The maximum Gasteiger partial charge on any atom is 0.143 e. The summed E-state index contributed by atoms with van der Waals surface area (Å²) >= 11 is 0. The second kappa shape index (κ2) is 11.5. The van der Waals surface area contributed by atoms with Crippen LogP contribution in [-0.2, 0) is 0 Å². The molecule has 10 aromatic rings. The molecule has 0 spiro atoms. The highest BCUT2D eigenvalue weighted by Gasteiger charge is 2.21. The highest BCUT2D eigenvalue weighted by molar-refractivity contribution is 6.14. The number of nitrogens with zero attached hydrogens (tertiary/aromatic N) is 1. The molecule has 0 radical (unpaired) electrons. The number of hydrogen-bond acceptors (Lipinski definition) is 2. The van der Waals surface area contributed by atoms with E-state index in [9.17, 15) is 0 Å². The van der Waals surface area contributed by atoms with Gasteiger partial charge in [-0.1, -0.05) is 146 Å². The van der Waals surface area contributed by atoms with Crippen LogP contribution < -0.4 is 4.90 Å². The van der Waals surface area contributed by atoms with Crippen molar-refractivity contribution in [2.75, 3.05) is 4.90 Å². The zero-order valence-electron chi connectivity index (χ0n) is 27.3. The molecule has 0 atom stereocenters. The number of para-hydroxylation sites is 2. The largest absolute Gasteiger partial charge is 0.455 e. The molecule has 0 N–H and O–H groups in total. The van der Waals surface area contributed by atoms with E-state index in [0.29, 0.717) is 0 Å². The molecular weight excluding hydrogens is 607 g/mol. The van der Waals surface area contributed by atoms with Crippen molar-refractivity contribution in [1.82, 2.24) is 0 Å². The van der Waals surface area contributed by atoms with E-state index >= 15 is 0 Å².